The van der Waals surface area contributed by atoms with Gasteiger partial charge in [0.2, 0.25) is 5.91 Å². The summed E-state index contributed by atoms with van der Waals surface area (Å²) < 4.78 is 5.17. The van der Waals surface area contributed by atoms with Gasteiger partial charge in [-0.3, -0.25) is 9.59 Å². The lowest BCUT2D eigenvalue weighted by Gasteiger charge is -2.25. The van der Waals surface area contributed by atoms with Crippen LogP contribution in [0.5, 0.6) is 0 Å². The van der Waals surface area contributed by atoms with Gasteiger partial charge in [-0.2, -0.15) is 0 Å². The zero-order valence-corrected chi connectivity index (χ0v) is 18.5. The summed E-state index contributed by atoms with van der Waals surface area (Å²) in [5.41, 5.74) is 2.38. The highest BCUT2D eigenvalue weighted by atomic mass is 16.5. The number of benzene rings is 1. The summed E-state index contributed by atoms with van der Waals surface area (Å²) in [7, 11) is 1.67. The molecule has 1 saturated carbocycles. The van der Waals surface area contributed by atoms with Gasteiger partial charge < -0.3 is 19.8 Å². The number of carbonyl (C=O) groups is 2. The van der Waals surface area contributed by atoms with Gasteiger partial charge >= 0.3 is 5.97 Å². The first-order chi connectivity index (χ1) is 14.9. The first-order valence-corrected chi connectivity index (χ1v) is 11.4. The SMILES string of the molecule is COCc1cccc(C[C@H](O)C=C[C@H]2CCC(=O)N2CCC2(CCCC(=O)O)CC2)c1. The number of carboxylic acids is 1. The second-order valence-electron chi connectivity index (χ2n) is 9.10. The number of aliphatic hydroxyl groups is 1. The number of amides is 1. The summed E-state index contributed by atoms with van der Waals surface area (Å²) in [6.07, 6.45) is 10.2. The molecule has 6 nitrogen and oxygen atoms in total. The molecule has 2 atom stereocenters. The lowest BCUT2D eigenvalue weighted by atomic mass is 9.94. The second-order valence-corrected chi connectivity index (χ2v) is 9.10. The van der Waals surface area contributed by atoms with Crippen LogP contribution >= 0.6 is 0 Å². The van der Waals surface area contributed by atoms with Gasteiger partial charge in [0.1, 0.15) is 0 Å². The van der Waals surface area contributed by atoms with E-state index in [2.05, 4.69) is 0 Å². The van der Waals surface area contributed by atoms with Crippen LogP contribution in [0.1, 0.15) is 62.5 Å². The smallest absolute Gasteiger partial charge is 0.303 e. The first-order valence-electron chi connectivity index (χ1n) is 11.4. The van der Waals surface area contributed by atoms with Crippen LogP contribution in [0.2, 0.25) is 0 Å². The monoisotopic (exact) mass is 429 g/mol. The van der Waals surface area contributed by atoms with Gasteiger partial charge in [0, 0.05) is 32.9 Å². The number of carbonyl (C=O) groups excluding carboxylic acids is 1. The Morgan fingerprint density at radius 2 is 2.10 bits per heavy atom. The van der Waals surface area contributed by atoms with Gasteiger partial charge in [-0.25, -0.2) is 0 Å². The second kappa shape index (κ2) is 10.9. The van der Waals surface area contributed by atoms with Gasteiger partial charge in [0.25, 0.3) is 0 Å². The van der Waals surface area contributed by atoms with Crippen molar-refractivity contribution in [1.29, 1.82) is 0 Å². The highest BCUT2D eigenvalue weighted by molar-refractivity contribution is 5.79. The van der Waals surface area contributed by atoms with Gasteiger partial charge in [0.15, 0.2) is 0 Å². The quantitative estimate of drug-likeness (QED) is 0.467. The van der Waals surface area contributed by atoms with E-state index in [0.717, 1.165) is 49.8 Å². The first kappa shape index (κ1) is 23.5. The molecule has 2 fully saturated rings. The minimum atomic E-state index is -0.736. The van der Waals surface area contributed by atoms with E-state index in [0.29, 0.717) is 25.9 Å². The Balaban J connectivity index is 1.49. The zero-order chi connectivity index (χ0) is 22.3. The maximum Gasteiger partial charge on any atom is 0.303 e. The fraction of sp³-hybridized carbons (Fsp3) is 0.600. The number of aliphatic carboxylic acids is 1. The molecule has 0 unspecified atom stereocenters. The number of methoxy groups -OCH3 is 1. The molecule has 31 heavy (non-hydrogen) atoms. The molecule has 0 spiro atoms. The van der Waals surface area contributed by atoms with E-state index in [9.17, 15) is 14.7 Å². The van der Waals surface area contributed by atoms with Crippen molar-refractivity contribution in [2.75, 3.05) is 13.7 Å². The van der Waals surface area contributed by atoms with E-state index in [1.807, 2.05) is 41.3 Å². The molecule has 6 heteroatoms. The number of rotatable bonds is 13. The van der Waals surface area contributed by atoms with Crippen LogP contribution in [0.4, 0.5) is 0 Å². The highest BCUT2D eigenvalue weighted by Crippen LogP contribution is 2.53. The lowest BCUT2D eigenvalue weighted by Crippen LogP contribution is -2.34. The Hall–Kier alpha value is -2.18. The Bertz CT molecular complexity index is 786. The van der Waals surface area contributed by atoms with E-state index >= 15 is 0 Å². The summed E-state index contributed by atoms with van der Waals surface area (Å²) in [6, 6.07) is 8.07. The molecular formula is C25H35NO5. The molecule has 1 aromatic carbocycles. The Morgan fingerprint density at radius 1 is 1.32 bits per heavy atom. The van der Waals surface area contributed by atoms with Gasteiger partial charge in [0.05, 0.1) is 18.8 Å². The van der Waals surface area contributed by atoms with E-state index in [-0.39, 0.29) is 23.8 Å². The minimum Gasteiger partial charge on any atom is -0.481 e. The number of likely N-dealkylation sites (tertiary alicyclic amines) is 1. The third-order valence-corrected chi connectivity index (χ3v) is 6.62. The van der Waals surface area contributed by atoms with Crippen LogP contribution in [-0.2, 0) is 27.4 Å². The van der Waals surface area contributed by atoms with Crippen LogP contribution < -0.4 is 0 Å². The third kappa shape index (κ3) is 7.18. The fourth-order valence-corrected chi connectivity index (χ4v) is 4.60. The number of aliphatic hydroxyl groups excluding tert-OH is 1. The molecule has 3 rings (SSSR count). The Labute approximate surface area is 184 Å². The topological polar surface area (TPSA) is 87.1 Å². The molecule has 1 aromatic rings. The number of ether oxygens (including phenoxy) is 1. The minimum absolute atomic E-state index is 0.0387. The predicted octanol–water partition coefficient (Wildman–Crippen LogP) is 3.71. The van der Waals surface area contributed by atoms with Crippen LogP contribution in [0.15, 0.2) is 36.4 Å². The predicted molar refractivity (Wildman–Crippen MR) is 119 cm³/mol. The zero-order valence-electron chi connectivity index (χ0n) is 18.5. The van der Waals surface area contributed by atoms with Crippen LogP contribution in [0.25, 0.3) is 0 Å². The molecular weight excluding hydrogens is 394 g/mol. The van der Waals surface area contributed by atoms with Crippen molar-refractivity contribution in [2.24, 2.45) is 5.41 Å². The molecule has 170 valence electrons. The van der Waals surface area contributed by atoms with Crippen LogP contribution in [0, 0.1) is 5.41 Å². The van der Waals surface area contributed by atoms with Crippen molar-refractivity contribution >= 4 is 11.9 Å². The maximum absolute atomic E-state index is 12.4. The molecule has 2 N–H and O–H groups in total. The summed E-state index contributed by atoms with van der Waals surface area (Å²) in [5, 5.41) is 19.3. The molecule has 1 amide bonds. The Kier molecular flexibility index (Phi) is 8.27. The number of hydrogen-bond acceptors (Lipinski definition) is 4. The third-order valence-electron chi connectivity index (χ3n) is 6.62. The fourth-order valence-electron chi connectivity index (χ4n) is 4.60. The van der Waals surface area contributed by atoms with Crippen molar-refractivity contribution in [3.05, 3.63) is 47.5 Å². The average Bonchev–Trinajstić information content (AvgIpc) is 3.40. The number of hydrogen-bond donors (Lipinski definition) is 2. The van der Waals surface area contributed by atoms with Crippen molar-refractivity contribution in [2.45, 2.75) is 76.5 Å². The van der Waals surface area contributed by atoms with Crippen LogP contribution in [0.3, 0.4) is 0 Å². The van der Waals surface area contributed by atoms with Crippen molar-refractivity contribution in [3.8, 4) is 0 Å². The van der Waals surface area contributed by atoms with Crippen molar-refractivity contribution in [1.82, 2.24) is 4.90 Å². The summed E-state index contributed by atoms with van der Waals surface area (Å²) in [6.45, 7) is 1.27. The van der Waals surface area contributed by atoms with Gasteiger partial charge in [-0.1, -0.05) is 36.4 Å². The molecule has 0 aromatic heterocycles. The molecule has 0 radical (unpaired) electrons. The maximum atomic E-state index is 12.4. The van der Waals surface area contributed by atoms with E-state index in [4.69, 9.17) is 9.84 Å². The summed E-state index contributed by atoms with van der Waals surface area (Å²) in [5.74, 6) is -0.558. The normalized spacial score (nSPS) is 21.0. The van der Waals surface area contributed by atoms with Gasteiger partial charge in [-0.05, 0) is 55.1 Å². The molecule has 1 aliphatic carbocycles. The van der Waals surface area contributed by atoms with Gasteiger partial charge in [-0.15, -0.1) is 0 Å². The van der Waals surface area contributed by atoms with Crippen molar-refractivity contribution < 1.29 is 24.5 Å². The summed E-state index contributed by atoms with van der Waals surface area (Å²) in [4.78, 5) is 25.1. The standard InChI is InChI=1S/C25H35NO5/c1-31-18-20-5-2-4-19(16-20)17-22(27)9-7-21-8-10-23(28)26(21)15-14-25(12-13-25)11-3-6-24(29)30/h2,4-5,7,9,16,21-22,27H,3,6,8,10-15,17-18H2,1H3,(H,29,30)/t21-,22+/m0/s1. The molecule has 0 bridgehead atoms. The number of nitrogens with zero attached hydrogens (tertiary/aromatic N) is 1. The Morgan fingerprint density at radius 3 is 2.81 bits per heavy atom. The van der Waals surface area contributed by atoms with Crippen molar-refractivity contribution in [3.63, 3.8) is 0 Å². The lowest BCUT2D eigenvalue weighted by molar-refractivity contribution is -0.137. The molecule has 1 aliphatic heterocycles. The average molecular weight is 430 g/mol. The molecule has 1 heterocycles. The van der Waals surface area contributed by atoms with E-state index < -0.39 is 12.1 Å². The molecule has 2 aliphatic rings. The highest BCUT2D eigenvalue weighted by Gasteiger charge is 2.42. The largest absolute Gasteiger partial charge is 0.481 e. The van der Waals surface area contributed by atoms with E-state index in [1.54, 1.807) is 7.11 Å². The van der Waals surface area contributed by atoms with Crippen LogP contribution in [-0.4, -0.2) is 52.8 Å². The molecule has 1 saturated heterocycles. The number of carboxylic acid groups (broad SMARTS) is 1. The van der Waals surface area contributed by atoms with E-state index in [1.165, 1.54) is 0 Å². The summed E-state index contributed by atoms with van der Waals surface area (Å²) >= 11 is 0.